The van der Waals surface area contributed by atoms with Crippen molar-refractivity contribution in [2.75, 3.05) is 6.54 Å². The lowest BCUT2D eigenvalue weighted by molar-refractivity contribution is -0.154. The molecule has 0 unspecified atom stereocenters. The van der Waals surface area contributed by atoms with E-state index in [0.717, 1.165) is 36.8 Å². The summed E-state index contributed by atoms with van der Waals surface area (Å²) in [6, 6.07) is 14.6. The second-order valence-corrected chi connectivity index (χ2v) is 13.3. The third-order valence-corrected chi connectivity index (χ3v) is 8.59. The van der Waals surface area contributed by atoms with Crippen molar-refractivity contribution >= 4 is 35.1 Å². The van der Waals surface area contributed by atoms with Gasteiger partial charge in [-0.1, -0.05) is 56.6 Å². The Kier molecular flexibility index (Phi) is 9.81. The maximum Gasteiger partial charge on any atom is 0.308 e. The first-order valence-electron chi connectivity index (χ1n) is 15.1. The largest absolute Gasteiger partial charge is 0.460 e. The van der Waals surface area contributed by atoms with Gasteiger partial charge in [0, 0.05) is 22.7 Å². The number of ether oxygens (including phenoxy) is 1. The molecule has 1 aliphatic heterocycles. The van der Waals surface area contributed by atoms with Gasteiger partial charge >= 0.3 is 5.97 Å². The number of rotatable bonds is 9. The van der Waals surface area contributed by atoms with Gasteiger partial charge in [-0.2, -0.15) is 0 Å². The van der Waals surface area contributed by atoms with Gasteiger partial charge in [-0.05, 0) is 94.5 Å². The topological polar surface area (TPSA) is 88.1 Å². The lowest BCUT2D eigenvalue weighted by atomic mass is 9.76. The number of hydrogen-bond donors (Lipinski definition) is 1. The lowest BCUT2D eigenvalue weighted by Crippen LogP contribution is -2.51. The average Bonchev–Trinajstić information content (AvgIpc) is 3.20. The van der Waals surface area contributed by atoms with Crippen LogP contribution in [-0.2, 0) is 14.3 Å². The van der Waals surface area contributed by atoms with E-state index in [1.807, 2.05) is 56.0 Å². The van der Waals surface area contributed by atoms with E-state index in [0.29, 0.717) is 34.6 Å². The van der Waals surface area contributed by atoms with Gasteiger partial charge in [-0.25, -0.2) is 0 Å². The van der Waals surface area contributed by atoms with E-state index >= 15 is 0 Å². The van der Waals surface area contributed by atoms with E-state index in [-0.39, 0.29) is 36.8 Å². The number of aliphatic imine (C=N–C) groups is 1. The molecule has 4 rings (SSSR count). The fourth-order valence-corrected chi connectivity index (χ4v) is 6.38. The van der Waals surface area contributed by atoms with Crippen LogP contribution in [0.1, 0.15) is 108 Å². The van der Waals surface area contributed by atoms with Gasteiger partial charge in [0.05, 0.1) is 12.5 Å². The average molecular weight is 594 g/mol. The number of nitrogens with one attached hydrogen (secondary N) is 1. The molecule has 0 bridgehead atoms. The second kappa shape index (κ2) is 13.0. The van der Waals surface area contributed by atoms with Crippen LogP contribution in [0.2, 0.25) is 5.02 Å². The van der Waals surface area contributed by atoms with Gasteiger partial charge in [0.2, 0.25) is 0 Å². The van der Waals surface area contributed by atoms with Crippen molar-refractivity contribution in [3.63, 3.8) is 0 Å². The summed E-state index contributed by atoms with van der Waals surface area (Å²) >= 11 is 6.30. The first-order chi connectivity index (χ1) is 19.8. The number of carbonyl (C=O) groups is 3. The van der Waals surface area contributed by atoms with Crippen LogP contribution in [-0.4, -0.2) is 46.2 Å². The lowest BCUT2D eigenvalue weighted by Gasteiger charge is -2.46. The number of benzene rings is 2. The highest BCUT2D eigenvalue weighted by atomic mass is 35.5. The van der Waals surface area contributed by atoms with Crippen LogP contribution in [0, 0.1) is 11.8 Å². The Morgan fingerprint density at radius 3 is 2.36 bits per heavy atom. The molecule has 1 heterocycles. The van der Waals surface area contributed by atoms with Crippen molar-refractivity contribution < 1.29 is 19.1 Å². The van der Waals surface area contributed by atoms with Crippen LogP contribution in [0.4, 0.5) is 0 Å². The van der Waals surface area contributed by atoms with Crippen LogP contribution >= 0.6 is 11.6 Å². The summed E-state index contributed by atoms with van der Waals surface area (Å²) in [6.07, 6.45) is 4.49. The van der Waals surface area contributed by atoms with E-state index in [1.165, 1.54) is 0 Å². The summed E-state index contributed by atoms with van der Waals surface area (Å²) in [6.45, 7) is 12.3. The molecule has 1 fully saturated rings. The van der Waals surface area contributed by atoms with Crippen LogP contribution in [0.3, 0.4) is 0 Å². The Hall–Kier alpha value is -3.19. The molecule has 1 aliphatic carbocycles. The van der Waals surface area contributed by atoms with Gasteiger partial charge in [0.1, 0.15) is 17.0 Å². The quantitative estimate of drug-likeness (QED) is 0.313. The van der Waals surface area contributed by atoms with Crippen LogP contribution in [0.15, 0.2) is 53.5 Å². The molecular formula is C34H44ClN3O4. The van der Waals surface area contributed by atoms with Crippen molar-refractivity contribution in [1.29, 1.82) is 0 Å². The third kappa shape index (κ3) is 7.23. The molecule has 7 nitrogen and oxygen atoms in total. The molecule has 0 radical (unpaired) electrons. The second-order valence-electron chi connectivity index (χ2n) is 12.8. The first-order valence-corrected chi connectivity index (χ1v) is 15.5. The van der Waals surface area contributed by atoms with E-state index < -0.39 is 11.3 Å². The Bertz CT molecular complexity index is 1320. The summed E-state index contributed by atoms with van der Waals surface area (Å²) in [4.78, 5) is 46.1. The summed E-state index contributed by atoms with van der Waals surface area (Å²) in [7, 11) is 0. The van der Waals surface area contributed by atoms with E-state index in [9.17, 15) is 14.4 Å². The summed E-state index contributed by atoms with van der Waals surface area (Å²) < 4.78 is 5.31. The predicted molar refractivity (Wildman–Crippen MR) is 167 cm³/mol. The molecule has 2 aliphatic rings. The van der Waals surface area contributed by atoms with E-state index in [1.54, 1.807) is 18.2 Å². The highest BCUT2D eigenvalue weighted by Gasteiger charge is 2.51. The maximum absolute atomic E-state index is 14.2. The van der Waals surface area contributed by atoms with Crippen LogP contribution < -0.4 is 5.32 Å². The smallest absolute Gasteiger partial charge is 0.308 e. The number of hydrogen-bond acceptors (Lipinski definition) is 5. The van der Waals surface area contributed by atoms with Crippen molar-refractivity contribution in [1.82, 2.24) is 10.2 Å². The molecular weight excluding hydrogens is 550 g/mol. The number of esters is 1. The molecule has 42 heavy (non-hydrogen) atoms. The van der Waals surface area contributed by atoms with Gasteiger partial charge in [-0.3, -0.25) is 19.4 Å². The SMILES string of the molecule is CC[C@H](c1ccc(C(=O)NCCC(=O)OC(C)(C)C)cc1)N1C(=O)C(c2cccc(Cl)c2)=NC12CCC(C(C)C)CC2. The molecule has 8 heteroatoms. The molecule has 226 valence electrons. The molecule has 2 aromatic rings. The predicted octanol–water partition coefficient (Wildman–Crippen LogP) is 7.13. The molecule has 0 saturated heterocycles. The molecule has 2 aromatic carbocycles. The van der Waals surface area contributed by atoms with Gasteiger partial charge in [0.15, 0.2) is 0 Å². The first kappa shape index (κ1) is 31.7. The van der Waals surface area contributed by atoms with Crippen molar-refractivity contribution in [3.05, 3.63) is 70.2 Å². The molecule has 1 N–H and O–H groups in total. The minimum atomic E-state index is -0.599. The highest BCUT2D eigenvalue weighted by molar-refractivity contribution is 6.47. The van der Waals surface area contributed by atoms with E-state index in [2.05, 4.69) is 26.1 Å². The Morgan fingerprint density at radius 2 is 1.79 bits per heavy atom. The van der Waals surface area contributed by atoms with E-state index in [4.69, 9.17) is 21.3 Å². The van der Waals surface area contributed by atoms with Gasteiger partial charge in [0.25, 0.3) is 11.8 Å². The molecule has 0 aromatic heterocycles. The molecule has 1 atom stereocenters. The Morgan fingerprint density at radius 1 is 1.12 bits per heavy atom. The maximum atomic E-state index is 14.2. The fraction of sp³-hybridized carbons (Fsp3) is 0.529. The molecule has 1 saturated carbocycles. The van der Waals surface area contributed by atoms with Gasteiger partial charge in [-0.15, -0.1) is 0 Å². The van der Waals surface area contributed by atoms with Crippen molar-refractivity contribution in [2.45, 2.75) is 97.4 Å². The summed E-state index contributed by atoms with van der Waals surface area (Å²) in [5.74, 6) is 0.525. The molecule has 1 spiro atoms. The Labute approximate surface area is 255 Å². The highest BCUT2D eigenvalue weighted by Crippen LogP contribution is 2.47. The summed E-state index contributed by atoms with van der Waals surface area (Å²) in [5.41, 5.74) is 1.51. The zero-order valence-electron chi connectivity index (χ0n) is 25.7. The monoisotopic (exact) mass is 593 g/mol. The van der Waals surface area contributed by atoms with Gasteiger partial charge < -0.3 is 15.0 Å². The van der Waals surface area contributed by atoms with Crippen LogP contribution in [0.5, 0.6) is 0 Å². The minimum absolute atomic E-state index is 0.0731. The summed E-state index contributed by atoms with van der Waals surface area (Å²) in [5, 5.41) is 3.37. The number of amides is 2. The molecule has 2 amide bonds. The number of carbonyl (C=O) groups excluding carboxylic acids is 3. The third-order valence-electron chi connectivity index (χ3n) is 8.35. The Balaban J connectivity index is 1.54. The number of halogens is 1. The standard InChI is InChI=1S/C34H44ClN3O4/c1-7-28(24-11-13-25(14-12-24)31(40)36-20-17-29(39)42-33(4,5)6)38-32(41)30(26-9-8-10-27(35)21-26)37-34(38)18-15-23(16-19-34)22(2)3/h8-14,21-23,28H,7,15-20H2,1-6H3,(H,36,40)/t23?,28-,34?/m1/s1. The van der Waals surface area contributed by atoms with Crippen LogP contribution in [0.25, 0.3) is 0 Å². The minimum Gasteiger partial charge on any atom is -0.460 e. The number of nitrogens with zero attached hydrogens (tertiary/aromatic N) is 2. The zero-order valence-corrected chi connectivity index (χ0v) is 26.5. The zero-order chi connectivity index (χ0) is 30.7. The normalized spacial score (nSPS) is 21.4. The van der Waals surface area contributed by atoms with Crippen molar-refractivity contribution in [2.24, 2.45) is 16.8 Å². The van der Waals surface area contributed by atoms with Crippen molar-refractivity contribution in [3.8, 4) is 0 Å². The fourth-order valence-electron chi connectivity index (χ4n) is 6.19.